The van der Waals surface area contributed by atoms with Crippen molar-refractivity contribution in [3.05, 3.63) is 23.8 Å². The number of nitrogens with zero attached hydrogens (tertiary/aromatic N) is 3. The third kappa shape index (κ3) is 3.18. The van der Waals surface area contributed by atoms with Crippen LogP contribution < -0.4 is 5.32 Å². The standard InChI is InChI=1S/C9H12N4/c1-7(5-10)12-6-9-3-4-11-8(2)13-9/h3-4,7,12H,6H2,1-2H3. The van der Waals surface area contributed by atoms with Gasteiger partial charge in [0.2, 0.25) is 0 Å². The molecule has 0 saturated heterocycles. The highest BCUT2D eigenvalue weighted by atomic mass is 14.9. The van der Waals surface area contributed by atoms with Crippen LogP contribution in [0.5, 0.6) is 0 Å². The van der Waals surface area contributed by atoms with E-state index in [1.807, 2.05) is 19.9 Å². The first-order valence-corrected chi connectivity index (χ1v) is 4.14. The van der Waals surface area contributed by atoms with Gasteiger partial charge in [-0.15, -0.1) is 0 Å². The van der Waals surface area contributed by atoms with Crippen molar-refractivity contribution in [1.29, 1.82) is 5.26 Å². The average molecular weight is 176 g/mol. The molecule has 0 spiro atoms. The third-order valence-corrected chi connectivity index (χ3v) is 1.62. The van der Waals surface area contributed by atoms with E-state index in [9.17, 15) is 0 Å². The van der Waals surface area contributed by atoms with Crippen LogP contribution in [0.2, 0.25) is 0 Å². The van der Waals surface area contributed by atoms with Gasteiger partial charge in [0.1, 0.15) is 5.82 Å². The molecule has 0 aliphatic heterocycles. The van der Waals surface area contributed by atoms with Crippen molar-refractivity contribution in [3.8, 4) is 6.07 Å². The van der Waals surface area contributed by atoms with Gasteiger partial charge < -0.3 is 0 Å². The second kappa shape index (κ2) is 4.53. The Bertz CT molecular complexity index is 316. The summed E-state index contributed by atoms with van der Waals surface area (Å²) >= 11 is 0. The van der Waals surface area contributed by atoms with Crippen LogP contribution in [0, 0.1) is 18.3 Å². The molecular formula is C9H12N4. The van der Waals surface area contributed by atoms with Crippen molar-refractivity contribution in [3.63, 3.8) is 0 Å². The molecule has 1 rings (SSSR count). The summed E-state index contributed by atoms with van der Waals surface area (Å²) in [5.74, 6) is 0.754. The predicted octanol–water partition coefficient (Wildman–Crippen LogP) is 0.787. The number of aromatic nitrogens is 2. The quantitative estimate of drug-likeness (QED) is 0.739. The highest BCUT2D eigenvalue weighted by Gasteiger charge is 1.99. The fourth-order valence-electron chi connectivity index (χ4n) is 0.907. The molecule has 0 aromatic carbocycles. The van der Waals surface area contributed by atoms with E-state index in [4.69, 9.17) is 5.26 Å². The highest BCUT2D eigenvalue weighted by molar-refractivity contribution is 5.02. The second-order valence-electron chi connectivity index (χ2n) is 2.83. The lowest BCUT2D eigenvalue weighted by Crippen LogP contribution is -2.24. The number of rotatable bonds is 3. The Morgan fingerprint density at radius 3 is 3.08 bits per heavy atom. The molecule has 0 fully saturated rings. The zero-order valence-electron chi connectivity index (χ0n) is 7.78. The molecule has 1 atom stereocenters. The summed E-state index contributed by atoms with van der Waals surface area (Å²) in [6.45, 7) is 4.27. The van der Waals surface area contributed by atoms with E-state index in [0.717, 1.165) is 11.5 Å². The number of nitriles is 1. The van der Waals surface area contributed by atoms with Gasteiger partial charge in [0.05, 0.1) is 17.8 Å². The summed E-state index contributed by atoms with van der Waals surface area (Å²) in [6.07, 6.45) is 1.72. The molecular weight excluding hydrogens is 164 g/mol. The van der Waals surface area contributed by atoms with Crippen LogP contribution in [-0.4, -0.2) is 16.0 Å². The number of aryl methyl sites for hydroxylation is 1. The monoisotopic (exact) mass is 176 g/mol. The maximum atomic E-state index is 8.52. The lowest BCUT2D eigenvalue weighted by Gasteiger charge is -2.04. The van der Waals surface area contributed by atoms with Gasteiger partial charge in [0.15, 0.2) is 0 Å². The van der Waals surface area contributed by atoms with Crippen molar-refractivity contribution in [2.24, 2.45) is 0 Å². The van der Waals surface area contributed by atoms with Crippen molar-refractivity contribution < 1.29 is 0 Å². The first kappa shape index (κ1) is 9.62. The van der Waals surface area contributed by atoms with E-state index in [1.165, 1.54) is 0 Å². The average Bonchev–Trinajstić information content (AvgIpc) is 2.14. The largest absolute Gasteiger partial charge is 0.296 e. The van der Waals surface area contributed by atoms with E-state index in [-0.39, 0.29) is 6.04 Å². The minimum Gasteiger partial charge on any atom is -0.296 e. The van der Waals surface area contributed by atoms with Crippen molar-refractivity contribution in [2.75, 3.05) is 0 Å². The van der Waals surface area contributed by atoms with Gasteiger partial charge in [-0.1, -0.05) is 0 Å². The van der Waals surface area contributed by atoms with Crippen molar-refractivity contribution in [1.82, 2.24) is 15.3 Å². The summed E-state index contributed by atoms with van der Waals surface area (Å²) in [5, 5.41) is 11.5. The number of hydrogen-bond acceptors (Lipinski definition) is 4. The van der Waals surface area contributed by atoms with E-state index in [1.54, 1.807) is 6.20 Å². The van der Waals surface area contributed by atoms with Gasteiger partial charge in [0.25, 0.3) is 0 Å². The van der Waals surface area contributed by atoms with Crippen molar-refractivity contribution in [2.45, 2.75) is 26.4 Å². The Labute approximate surface area is 77.6 Å². The van der Waals surface area contributed by atoms with Crippen LogP contribution in [0.15, 0.2) is 12.3 Å². The minimum absolute atomic E-state index is 0.143. The number of nitrogens with one attached hydrogen (secondary N) is 1. The van der Waals surface area contributed by atoms with Gasteiger partial charge in [-0.2, -0.15) is 5.26 Å². The van der Waals surface area contributed by atoms with Crippen LogP contribution in [0.1, 0.15) is 18.4 Å². The first-order chi connectivity index (χ1) is 6.22. The van der Waals surface area contributed by atoms with Crippen LogP contribution in [0.25, 0.3) is 0 Å². The van der Waals surface area contributed by atoms with Gasteiger partial charge in [0, 0.05) is 12.7 Å². The molecule has 1 aromatic rings. The fraction of sp³-hybridized carbons (Fsp3) is 0.444. The zero-order valence-corrected chi connectivity index (χ0v) is 7.78. The molecule has 13 heavy (non-hydrogen) atoms. The molecule has 0 saturated carbocycles. The lowest BCUT2D eigenvalue weighted by molar-refractivity contribution is 0.629. The van der Waals surface area contributed by atoms with E-state index in [2.05, 4.69) is 21.4 Å². The fourth-order valence-corrected chi connectivity index (χ4v) is 0.907. The predicted molar refractivity (Wildman–Crippen MR) is 48.7 cm³/mol. The molecule has 68 valence electrons. The van der Waals surface area contributed by atoms with Gasteiger partial charge in [-0.05, 0) is 19.9 Å². The molecule has 0 radical (unpaired) electrons. The molecule has 4 heteroatoms. The smallest absolute Gasteiger partial charge is 0.125 e. The van der Waals surface area contributed by atoms with Crippen molar-refractivity contribution >= 4 is 0 Å². The molecule has 4 nitrogen and oxygen atoms in total. The Balaban J connectivity index is 2.51. The zero-order chi connectivity index (χ0) is 9.68. The molecule has 0 aliphatic carbocycles. The summed E-state index contributed by atoms with van der Waals surface area (Å²) in [7, 11) is 0. The van der Waals surface area contributed by atoms with Crippen LogP contribution in [-0.2, 0) is 6.54 Å². The minimum atomic E-state index is -0.143. The summed E-state index contributed by atoms with van der Waals surface area (Å²) in [5.41, 5.74) is 0.912. The van der Waals surface area contributed by atoms with E-state index < -0.39 is 0 Å². The molecule has 0 aliphatic rings. The molecule has 1 unspecified atom stereocenters. The lowest BCUT2D eigenvalue weighted by atomic mass is 10.3. The Kier molecular flexibility index (Phi) is 3.35. The molecule has 1 heterocycles. The summed E-state index contributed by atoms with van der Waals surface area (Å²) in [4.78, 5) is 8.18. The van der Waals surface area contributed by atoms with E-state index in [0.29, 0.717) is 6.54 Å². The maximum Gasteiger partial charge on any atom is 0.125 e. The van der Waals surface area contributed by atoms with Gasteiger partial charge in [-0.25, -0.2) is 9.97 Å². The molecule has 0 bridgehead atoms. The van der Waals surface area contributed by atoms with Crippen LogP contribution in [0.3, 0.4) is 0 Å². The number of hydrogen-bond donors (Lipinski definition) is 1. The summed E-state index contributed by atoms with van der Waals surface area (Å²) in [6, 6.07) is 3.79. The van der Waals surface area contributed by atoms with Crippen LogP contribution in [0.4, 0.5) is 0 Å². The molecule has 1 aromatic heterocycles. The molecule has 0 amide bonds. The SMILES string of the molecule is Cc1nccc(CNC(C)C#N)n1. The Morgan fingerprint density at radius 1 is 1.69 bits per heavy atom. The van der Waals surface area contributed by atoms with Gasteiger partial charge in [-0.3, -0.25) is 5.32 Å². The topological polar surface area (TPSA) is 61.6 Å². The van der Waals surface area contributed by atoms with Crippen LogP contribution >= 0.6 is 0 Å². The highest BCUT2D eigenvalue weighted by Crippen LogP contribution is 1.94. The summed E-state index contributed by atoms with van der Waals surface area (Å²) < 4.78 is 0. The maximum absolute atomic E-state index is 8.52. The van der Waals surface area contributed by atoms with E-state index >= 15 is 0 Å². The molecule has 1 N–H and O–H groups in total. The normalized spacial score (nSPS) is 12.1. The van der Waals surface area contributed by atoms with Gasteiger partial charge >= 0.3 is 0 Å². The third-order valence-electron chi connectivity index (χ3n) is 1.62. The first-order valence-electron chi connectivity index (χ1n) is 4.14. The Morgan fingerprint density at radius 2 is 2.46 bits per heavy atom. The second-order valence-corrected chi connectivity index (χ2v) is 2.83. The Hall–Kier alpha value is -1.47.